The highest BCUT2D eigenvalue weighted by atomic mass is 16.6. The van der Waals surface area contributed by atoms with Crippen LogP contribution in [0.2, 0.25) is 0 Å². The van der Waals surface area contributed by atoms with Crippen LogP contribution in [0.5, 0.6) is 0 Å². The molecule has 5 heteroatoms. The molecule has 2 rings (SSSR count). The van der Waals surface area contributed by atoms with Crippen LogP contribution < -0.4 is 11.1 Å². The first-order chi connectivity index (χ1) is 10.2. The first-order valence-electron chi connectivity index (χ1n) is 7.66. The van der Waals surface area contributed by atoms with Gasteiger partial charge in [-0.2, -0.15) is 0 Å². The van der Waals surface area contributed by atoms with Crippen molar-refractivity contribution < 1.29 is 9.53 Å². The fourth-order valence-electron chi connectivity index (χ4n) is 2.48. The maximum Gasteiger partial charge on any atom is 0.407 e. The van der Waals surface area contributed by atoms with Crippen LogP contribution in [-0.4, -0.2) is 22.7 Å². The van der Waals surface area contributed by atoms with Gasteiger partial charge in [0.2, 0.25) is 0 Å². The maximum atomic E-state index is 11.8. The van der Waals surface area contributed by atoms with E-state index in [1.54, 1.807) is 0 Å². The van der Waals surface area contributed by atoms with Gasteiger partial charge in [0.1, 0.15) is 5.60 Å². The first kappa shape index (κ1) is 16.3. The predicted octanol–water partition coefficient (Wildman–Crippen LogP) is 3.43. The molecule has 1 aliphatic carbocycles. The predicted molar refractivity (Wildman–Crippen MR) is 88.4 cm³/mol. The normalized spacial score (nSPS) is 18.5. The number of aryl methyl sites for hydroxylation is 1. The lowest BCUT2D eigenvalue weighted by Crippen LogP contribution is -2.39. The molecule has 3 N–H and O–H groups in total. The number of rotatable bonds is 2. The molecule has 0 aromatic carbocycles. The summed E-state index contributed by atoms with van der Waals surface area (Å²) in [5, 5.41) is 2.92. The summed E-state index contributed by atoms with van der Waals surface area (Å²) in [7, 11) is 0. The Labute approximate surface area is 131 Å². The van der Waals surface area contributed by atoms with Crippen LogP contribution in [0.15, 0.2) is 18.2 Å². The summed E-state index contributed by atoms with van der Waals surface area (Å²) in [6.07, 6.45) is 4.23. The molecule has 0 aliphatic heterocycles. The van der Waals surface area contributed by atoms with Gasteiger partial charge in [0.25, 0.3) is 0 Å². The average Bonchev–Trinajstić information content (AvgIpc) is 2.40. The van der Waals surface area contributed by atoms with E-state index in [9.17, 15) is 4.79 Å². The molecule has 0 saturated carbocycles. The SMILES string of the molecule is Cc1ccc(N)c(C2=CCC(NC(=O)OC(C)(C)C)CC2)n1. The number of hydrogen-bond donors (Lipinski definition) is 2. The van der Waals surface area contributed by atoms with Crippen molar-refractivity contribution in [1.29, 1.82) is 0 Å². The summed E-state index contributed by atoms with van der Waals surface area (Å²) in [4.78, 5) is 16.3. The Balaban J connectivity index is 1.98. The number of nitrogens with one attached hydrogen (secondary N) is 1. The summed E-state index contributed by atoms with van der Waals surface area (Å²) in [6.45, 7) is 7.53. The minimum Gasteiger partial charge on any atom is -0.444 e. The number of ether oxygens (including phenoxy) is 1. The second kappa shape index (κ2) is 6.38. The number of amides is 1. The van der Waals surface area contributed by atoms with Crippen LogP contribution in [0.1, 0.15) is 51.4 Å². The van der Waals surface area contributed by atoms with Crippen LogP contribution in [-0.2, 0) is 4.74 Å². The Bertz CT molecular complexity index is 588. The molecule has 120 valence electrons. The number of hydrogen-bond acceptors (Lipinski definition) is 4. The zero-order valence-corrected chi connectivity index (χ0v) is 13.8. The standard InChI is InChI=1S/C17H25N3O2/c1-11-5-10-14(18)15(19-11)12-6-8-13(9-7-12)20-16(21)22-17(2,3)4/h5-6,10,13H,7-9,18H2,1-4H3,(H,20,21). The smallest absolute Gasteiger partial charge is 0.407 e. The van der Waals surface area contributed by atoms with E-state index in [0.717, 1.165) is 36.2 Å². The van der Waals surface area contributed by atoms with Gasteiger partial charge < -0.3 is 15.8 Å². The molecule has 0 saturated heterocycles. The Kier molecular flexibility index (Phi) is 4.74. The number of carbonyl (C=O) groups is 1. The molecule has 1 unspecified atom stereocenters. The van der Waals surface area contributed by atoms with Gasteiger partial charge in [-0.15, -0.1) is 0 Å². The van der Waals surface area contributed by atoms with Gasteiger partial charge >= 0.3 is 6.09 Å². The molecule has 0 fully saturated rings. The third kappa shape index (κ3) is 4.48. The Morgan fingerprint density at radius 2 is 2.14 bits per heavy atom. The van der Waals surface area contributed by atoms with Gasteiger partial charge in [-0.25, -0.2) is 4.79 Å². The number of pyridine rings is 1. The second-order valence-electron chi connectivity index (χ2n) is 6.74. The van der Waals surface area contributed by atoms with Crippen molar-refractivity contribution >= 4 is 17.4 Å². The summed E-state index contributed by atoms with van der Waals surface area (Å²) >= 11 is 0. The highest BCUT2D eigenvalue weighted by Crippen LogP contribution is 2.29. The minimum atomic E-state index is -0.473. The molecule has 1 aromatic rings. The Morgan fingerprint density at radius 1 is 1.41 bits per heavy atom. The van der Waals surface area contributed by atoms with Crippen LogP contribution in [0.3, 0.4) is 0 Å². The van der Waals surface area contributed by atoms with Crippen molar-refractivity contribution in [3.8, 4) is 0 Å². The molecule has 0 bridgehead atoms. The molecule has 0 radical (unpaired) electrons. The number of aromatic nitrogens is 1. The molecule has 1 aromatic heterocycles. The van der Waals surface area contributed by atoms with Crippen molar-refractivity contribution in [2.24, 2.45) is 0 Å². The highest BCUT2D eigenvalue weighted by molar-refractivity contribution is 5.73. The molecular weight excluding hydrogens is 278 g/mol. The fourth-order valence-corrected chi connectivity index (χ4v) is 2.48. The topological polar surface area (TPSA) is 77.2 Å². The summed E-state index contributed by atoms with van der Waals surface area (Å²) in [5.74, 6) is 0. The van der Waals surface area contributed by atoms with Gasteiger partial charge in [0.05, 0.1) is 11.4 Å². The van der Waals surface area contributed by atoms with E-state index in [-0.39, 0.29) is 12.1 Å². The fraction of sp³-hybridized carbons (Fsp3) is 0.529. The molecule has 1 atom stereocenters. The van der Waals surface area contributed by atoms with E-state index in [0.29, 0.717) is 5.69 Å². The quantitative estimate of drug-likeness (QED) is 0.877. The van der Waals surface area contributed by atoms with Crippen molar-refractivity contribution in [3.05, 3.63) is 29.6 Å². The van der Waals surface area contributed by atoms with Crippen molar-refractivity contribution in [2.45, 2.75) is 58.6 Å². The number of allylic oxidation sites excluding steroid dienone is 1. The van der Waals surface area contributed by atoms with E-state index in [4.69, 9.17) is 10.5 Å². The van der Waals surface area contributed by atoms with E-state index in [2.05, 4.69) is 16.4 Å². The van der Waals surface area contributed by atoms with E-state index in [1.807, 2.05) is 39.8 Å². The number of alkyl carbamates (subject to hydrolysis) is 1. The van der Waals surface area contributed by atoms with E-state index >= 15 is 0 Å². The van der Waals surface area contributed by atoms with Crippen molar-refractivity contribution in [1.82, 2.24) is 10.3 Å². The highest BCUT2D eigenvalue weighted by Gasteiger charge is 2.22. The Hall–Kier alpha value is -2.04. The molecular formula is C17H25N3O2. The summed E-state index contributed by atoms with van der Waals surface area (Å²) in [5.41, 5.74) is 9.23. The molecule has 0 spiro atoms. The van der Waals surface area contributed by atoms with Crippen LogP contribution in [0, 0.1) is 6.92 Å². The molecule has 5 nitrogen and oxygen atoms in total. The summed E-state index contributed by atoms with van der Waals surface area (Å²) < 4.78 is 5.28. The van der Waals surface area contributed by atoms with Gasteiger partial charge in [-0.3, -0.25) is 4.98 Å². The third-order valence-corrected chi connectivity index (χ3v) is 3.50. The monoisotopic (exact) mass is 303 g/mol. The van der Waals surface area contributed by atoms with Crippen LogP contribution in [0.4, 0.5) is 10.5 Å². The van der Waals surface area contributed by atoms with Crippen molar-refractivity contribution in [3.63, 3.8) is 0 Å². The average molecular weight is 303 g/mol. The third-order valence-electron chi connectivity index (χ3n) is 3.50. The minimum absolute atomic E-state index is 0.102. The van der Waals surface area contributed by atoms with Gasteiger partial charge in [0, 0.05) is 11.7 Å². The van der Waals surface area contributed by atoms with Crippen LogP contribution >= 0.6 is 0 Å². The number of carbonyl (C=O) groups excluding carboxylic acids is 1. The van der Waals surface area contributed by atoms with E-state index < -0.39 is 5.60 Å². The second-order valence-corrected chi connectivity index (χ2v) is 6.74. The van der Waals surface area contributed by atoms with Crippen molar-refractivity contribution in [2.75, 3.05) is 5.73 Å². The number of nitrogen functional groups attached to an aromatic ring is 1. The summed E-state index contributed by atoms with van der Waals surface area (Å²) in [6, 6.07) is 3.91. The Morgan fingerprint density at radius 3 is 2.73 bits per heavy atom. The van der Waals surface area contributed by atoms with Gasteiger partial charge in [-0.1, -0.05) is 6.08 Å². The van der Waals surface area contributed by atoms with Gasteiger partial charge in [0.15, 0.2) is 0 Å². The van der Waals surface area contributed by atoms with E-state index in [1.165, 1.54) is 0 Å². The lowest BCUT2D eigenvalue weighted by molar-refractivity contribution is 0.0502. The molecule has 1 heterocycles. The molecule has 1 aliphatic rings. The molecule has 22 heavy (non-hydrogen) atoms. The molecule has 1 amide bonds. The number of nitrogens with two attached hydrogens (primary N) is 1. The zero-order valence-electron chi connectivity index (χ0n) is 13.8. The number of anilines is 1. The lowest BCUT2D eigenvalue weighted by atomic mass is 9.92. The first-order valence-corrected chi connectivity index (χ1v) is 7.66. The largest absolute Gasteiger partial charge is 0.444 e. The lowest BCUT2D eigenvalue weighted by Gasteiger charge is -2.26. The van der Waals surface area contributed by atoms with Gasteiger partial charge in [-0.05, 0) is 64.7 Å². The maximum absolute atomic E-state index is 11.8. The zero-order chi connectivity index (χ0) is 16.3. The number of nitrogens with zero attached hydrogens (tertiary/aromatic N) is 1. The van der Waals surface area contributed by atoms with Crippen LogP contribution in [0.25, 0.3) is 5.57 Å².